The first-order chi connectivity index (χ1) is 9.30. The van der Waals surface area contributed by atoms with Crippen molar-refractivity contribution >= 4 is 21.4 Å². The minimum Gasteiger partial charge on any atom is -0.396 e. The number of hydrogen-bond acceptors (Lipinski definition) is 5. The van der Waals surface area contributed by atoms with Gasteiger partial charge in [-0.05, 0) is 20.3 Å². The molecule has 1 aliphatic heterocycles. The third-order valence-corrected chi connectivity index (χ3v) is 5.35. The molecule has 1 aromatic rings. The Bertz CT molecular complexity index is 621. The fourth-order valence-corrected chi connectivity index (χ4v) is 3.55. The highest BCUT2D eigenvalue weighted by atomic mass is 32.2. The van der Waals surface area contributed by atoms with Crippen molar-refractivity contribution in [3.8, 4) is 0 Å². The van der Waals surface area contributed by atoms with Crippen molar-refractivity contribution in [1.29, 1.82) is 0 Å². The molecule has 0 spiro atoms. The highest BCUT2D eigenvalue weighted by Gasteiger charge is 2.23. The molecular weight excluding hydrogens is 280 g/mol. The van der Waals surface area contributed by atoms with Crippen LogP contribution < -0.4 is 5.73 Å². The minimum absolute atomic E-state index is 0.0397. The van der Waals surface area contributed by atoms with Crippen molar-refractivity contribution in [1.82, 2.24) is 14.7 Å². The predicted molar refractivity (Wildman–Crippen MR) is 76.0 cm³/mol. The minimum atomic E-state index is -3.01. The van der Waals surface area contributed by atoms with Gasteiger partial charge < -0.3 is 10.6 Å². The Kier molecular flexibility index (Phi) is 4.03. The largest absolute Gasteiger partial charge is 0.396 e. The fourth-order valence-electron chi connectivity index (χ4n) is 2.28. The van der Waals surface area contributed by atoms with E-state index in [4.69, 9.17) is 5.73 Å². The van der Waals surface area contributed by atoms with E-state index in [-0.39, 0.29) is 30.5 Å². The summed E-state index contributed by atoms with van der Waals surface area (Å²) >= 11 is 0. The Balaban J connectivity index is 2.06. The molecule has 7 nitrogen and oxygen atoms in total. The van der Waals surface area contributed by atoms with Crippen molar-refractivity contribution in [3.05, 3.63) is 11.4 Å². The van der Waals surface area contributed by atoms with Crippen LogP contribution in [0.4, 0.5) is 5.69 Å². The van der Waals surface area contributed by atoms with E-state index in [0.717, 1.165) is 5.69 Å². The van der Waals surface area contributed by atoms with Crippen molar-refractivity contribution < 1.29 is 13.2 Å². The number of carbonyl (C=O) groups excluding carboxylic acids is 1. The van der Waals surface area contributed by atoms with Crippen LogP contribution in [0.1, 0.15) is 17.8 Å². The molecule has 2 rings (SSSR count). The Morgan fingerprint density at radius 2 is 2.00 bits per heavy atom. The lowest BCUT2D eigenvalue weighted by Crippen LogP contribution is -2.36. The zero-order valence-corrected chi connectivity index (χ0v) is 12.6. The third kappa shape index (κ3) is 3.12. The molecule has 2 N–H and O–H groups in total. The van der Waals surface area contributed by atoms with E-state index >= 15 is 0 Å². The average molecular weight is 300 g/mol. The highest BCUT2D eigenvalue weighted by Crippen LogP contribution is 2.15. The normalized spacial score (nSPS) is 18.8. The molecule has 1 amide bonds. The number of nitrogen functional groups attached to an aromatic ring is 1. The molecule has 8 heteroatoms. The average Bonchev–Trinajstić information content (AvgIpc) is 2.55. The van der Waals surface area contributed by atoms with Gasteiger partial charge in [0.15, 0.2) is 9.84 Å². The van der Waals surface area contributed by atoms with Gasteiger partial charge in [-0.25, -0.2) is 8.42 Å². The van der Waals surface area contributed by atoms with E-state index in [0.29, 0.717) is 24.3 Å². The Labute approximate surface area is 118 Å². The monoisotopic (exact) mass is 300 g/mol. The zero-order chi connectivity index (χ0) is 14.9. The van der Waals surface area contributed by atoms with Gasteiger partial charge in [-0.1, -0.05) is 0 Å². The fraction of sp³-hybridized carbons (Fsp3) is 0.667. The van der Waals surface area contributed by atoms with Crippen LogP contribution in [-0.4, -0.2) is 53.6 Å². The highest BCUT2D eigenvalue weighted by molar-refractivity contribution is 7.91. The summed E-state index contributed by atoms with van der Waals surface area (Å²) in [5, 5.41) is 4.22. The first-order valence-electron chi connectivity index (χ1n) is 6.58. The van der Waals surface area contributed by atoms with Gasteiger partial charge in [0.2, 0.25) is 5.91 Å². The van der Waals surface area contributed by atoms with Crippen LogP contribution in [0.3, 0.4) is 0 Å². The van der Waals surface area contributed by atoms with Crippen LogP contribution in [0.15, 0.2) is 0 Å². The van der Waals surface area contributed by atoms with E-state index in [1.807, 2.05) is 6.92 Å². The molecule has 20 heavy (non-hydrogen) atoms. The van der Waals surface area contributed by atoms with Crippen LogP contribution in [0.25, 0.3) is 0 Å². The smallest absolute Gasteiger partial charge is 0.244 e. The van der Waals surface area contributed by atoms with Gasteiger partial charge in [0.05, 0.1) is 28.6 Å². The second-order valence-corrected chi connectivity index (χ2v) is 7.43. The number of nitrogens with two attached hydrogens (primary N) is 1. The molecule has 2 heterocycles. The number of aryl methyl sites for hydroxylation is 1. The molecule has 0 aromatic carbocycles. The lowest BCUT2D eigenvalue weighted by molar-refractivity contribution is -0.131. The maximum absolute atomic E-state index is 12.2. The number of rotatable bonds is 2. The summed E-state index contributed by atoms with van der Waals surface area (Å²) < 4.78 is 24.6. The quantitative estimate of drug-likeness (QED) is 0.810. The summed E-state index contributed by atoms with van der Waals surface area (Å²) in [5.41, 5.74) is 7.89. The van der Waals surface area contributed by atoms with Gasteiger partial charge in [-0.15, -0.1) is 0 Å². The molecule has 0 radical (unpaired) electrons. The maximum atomic E-state index is 12.2. The molecule has 112 valence electrons. The summed E-state index contributed by atoms with van der Waals surface area (Å²) in [5.74, 6) is 0.0782. The number of aromatic nitrogens is 2. The molecule has 0 bridgehead atoms. The number of sulfone groups is 1. The van der Waals surface area contributed by atoms with Crippen LogP contribution in [0.5, 0.6) is 0 Å². The van der Waals surface area contributed by atoms with Crippen LogP contribution >= 0.6 is 0 Å². The maximum Gasteiger partial charge on any atom is 0.244 e. The number of hydrogen-bond donors (Lipinski definition) is 1. The molecule has 0 saturated carbocycles. The summed E-state index contributed by atoms with van der Waals surface area (Å²) in [7, 11) is -3.01. The Morgan fingerprint density at radius 1 is 1.30 bits per heavy atom. The summed E-state index contributed by atoms with van der Waals surface area (Å²) in [6.07, 6.45) is 0.493. The van der Waals surface area contributed by atoms with Crippen LogP contribution in [0.2, 0.25) is 0 Å². The summed E-state index contributed by atoms with van der Waals surface area (Å²) in [4.78, 5) is 13.8. The van der Waals surface area contributed by atoms with Gasteiger partial charge in [0, 0.05) is 13.1 Å². The molecule has 0 unspecified atom stereocenters. The number of nitrogens with zero attached hydrogens (tertiary/aromatic N) is 3. The van der Waals surface area contributed by atoms with Gasteiger partial charge >= 0.3 is 0 Å². The number of carbonyl (C=O) groups is 1. The van der Waals surface area contributed by atoms with Crippen LogP contribution in [0, 0.1) is 13.8 Å². The third-order valence-electron chi connectivity index (χ3n) is 3.63. The Morgan fingerprint density at radius 3 is 2.60 bits per heavy atom. The van der Waals surface area contributed by atoms with Gasteiger partial charge in [0.25, 0.3) is 0 Å². The molecule has 1 aromatic heterocycles. The van der Waals surface area contributed by atoms with E-state index in [9.17, 15) is 13.2 Å². The molecule has 1 saturated heterocycles. The molecule has 1 fully saturated rings. The predicted octanol–water partition coefficient (Wildman–Crippen LogP) is -0.271. The van der Waals surface area contributed by atoms with Gasteiger partial charge in [-0.2, -0.15) is 5.10 Å². The second kappa shape index (κ2) is 5.43. The van der Waals surface area contributed by atoms with E-state index in [2.05, 4.69) is 5.10 Å². The first-order valence-corrected chi connectivity index (χ1v) is 8.40. The topological polar surface area (TPSA) is 98.3 Å². The van der Waals surface area contributed by atoms with Gasteiger partial charge in [-0.3, -0.25) is 9.48 Å². The first kappa shape index (κ1) is 14.8. The number of amides is 1. The van der Waals surface area contributed by atoms with Crippen LogP contribution in [-0.2, 0) is 21.2 Å². The SMILES string of the molecule is Cc1nn(CC(=O)N2CCCS(=O)(=O)CC2)c(C)c1N. The van der Waals surface area contributed by atoms with E-state index in [1.54, 1.807) is 16.5 Å². The van der Waals surface area contributed by atoms with Gasteiger partial charge in [0.1, 0.15) is 6.54 Å². The summed E-state index contributed by atoms with van der Waals surface area (Å²) in [6.45, 7) is 4.45. The van der Waals surface area contributed by atoms with Crippen molar-refractivity contribution in [2.45, 2.75) is 26.8 Å². The Hall–Kier alpha value is -1.57. The van der Waals surface area contributed by atoms with Crippen molar-refractivity contribution in [3.63, 3.8) is 0 Å². The molecule has 1 aliphatic rings. The standard InChI is InChI=1S/C12H20N4O3S/c1-9-12(13)10(2)16(14-9)8-11(17)15-4-3-6-20(18,19)7-5-15/h3-8,13H2,1-2H3. The number of anilines is 1. The van der Waals surface area contributed by atoms with Crippen molar-refractivity contribution in [2.24, 2.45) is 0 Å². The second-order valence-electron chi connectivity index (χ2n) is 5.13. The molecular formula is C12H20N4O3S. The lowest BCUT2D eigenvalue weighted by atomic mass is 10.3. The molecule has 0 atom stereocenters. The van der Waals surface area contributed by atoms with E-state index in [1.165, 1.54) is 0 Å². The van der Waals surface area contributed by atoms with E-state index < -0.39 is 9.84 Å². The summed E-state index contributed by atoms with van der Waals surface area (Å²) in [6, 6.07) is 0. The molecule has 0 aliphatic carbocycles. The van der Waals surface area contributed by atoms with Crippen molar-refractivity contribution in [2.75, 3.05) is 30.3 Å². The lowest BCUT2D eigenvalue weighted by Gasteiger charge is -2.20. The zero-order valence-electron chi connectivity index (χ0n) is 11.8.